The fourth-order valence-corrected chi connectivity index (χ4v) is 3.92. The van der Waals surface area contributed by atoms with Gasteiger partial charge in [-0.2, -0.15) is 0 Å². The first kappa shape index (κ1) is 16.2. The molecular formula is C18H22N2O2S. The van der Waals surface area contributed by atoms with Crippen LogP contribution in [0.1, 0.15) is 11.3 Å². The van der Waals surface area contributed by atoms with E-state index >= 15 is 0 Å². The van der Waals surface area contributed by atoms with Gasteiger partial charge in [0.2, 0.25) is 0 Å². The van der Waals surface area contributed by atoms with E-state index in [2.05, 4.69) is 46.2 Å². The van der Waals surface area contributed by atoms with E-state index in [9.17, 15) is 4.79 Å². The van der Waals surface area contributed by atoms with Crippen LogP contribution in [0.15, 0.2) is 42.5 Å². The average Bonchev–Trinajstić information content (AvgIpc) is 3.03. The Kier molecular flexibility index (Phi) is 5.43. The molecule has 0 atom stereocenters. The number of carboxylic acid groups (broad SMARTS) is 1. The second-order valence-corrected chi connectivity index (χ2v) is 7.06. The lowest BCUT2D eigenvalue weighted by atomic mass is 10.2. The normalized spacial score (nSPS) is 16.5. The summed E-state index contributed by atoms with van der Waals surface area (Å²) in [7, 11) is 0. The Hall–Kier alpha value is -1.69. The summed E-state index contributed by atoms with van der Waals surface area (Å²) in [4.78, 5) is 18.0. The molecule has 1 N–H and O–H groups in total. The van der Waals surface area contributed by atoms with Crippen molar-refractivity contribution in [1.29, 1.82) is 0 Å². The number of hydrogen-bond acceptors (Lipinski definition) is 4. The molecule has 4 nitrogen and oxygen atoms in total. The molecule has 1 aromatic heterocycles. The third-order valence-corrected chi connectivity index (χ3v) is 5.33. The molecule has 0 saturated carbocycles. The maximum Gasteiger partial charge on any atom is 0.304 e. The molecule has 0 amide bonds. The summed E-state index contributed by atoms with van der Waals surface area (Å²) in [5.41, 5.74) is 1.28. The van der Waals surface area contributed by atoms with Crippen LogP contribution >= 0.6 is 11.3 Å². The zero-order valence-electron chi connectivity index (χ0n) is 13.1. The van der Waals surface area contributed by atoms with Crippen molar-refractivity contribution in [1.82, 2.24) is 9.80 Å². The molecular weight excluding hydrogens is 308 g/mol. The highest BCUT2D eigenvalue weighted by atomic mass is 32.1. The van der Waals surface area contributed by atoms with Crippen molar-refractivity contribution in [2.45, 2.75) is 13.0 Å². The number of carboxylic acids is 1. The fourth-order valence-electron chi connectivity index (χ4n) is 2.87. The first-order valence-electron chi connectivity index (χ1n) is 8.01. The van der Waals surface area contributed by atoms with Gasteiger partial charge in [0.25, 0.3) is 0 Å². The summed E-state index contributed by atoms with van der Waals surface area (Å²) >= 11 is 1.86. The van der Waals surface area contributed by atoms with Crippen LogP contribution in [-0.4, -0.2) is 53.6 Å². The number of benzene rings is 1. The van der Waals surface area contributed by atoms with Crippen molar-refractivity contribution in [3.8, 4) is 10.4 Å². The number of thiophene rings is 1. The van der Waals surface area contributed by atoms with Gasteiger partial charge in [-0.15, -0.1) is 11.3 Å². The van der Waals surface area contributed by atoms with Crippen molar-refractivity contribution < 1.29 is 9.90 Å². The van der Waals surface area contributed by atoms with Gasteiger partial charge < -0.3 is 10.0 Å². The Bertz CT molecular complexity index is 633. The van der Waals surface area contributed by atoms with Crippen molar-refractivity contribution in [3.63, 3.8) is 0 Å². The molecule has 5 heteroatoms. The van der Waals surface area contributed by atoms with Crippen LogP contribution in [0, 0.1) is 0 Å². The minimum Gasteiger partial charge on any atom is -0.481 e. The Labute approximate surface area is 141 Å². The quantitative estimate of drug-likeness (QED) is 0.884. The van der Waals surface area contributed by atoms with E-state index in [-0.39, 0.29) is 6.42 Å². The maximum atomic E-state index is 10.6. The maximum absolute atomic E-state index is 10.6. The SMILES string of the molecule is O=C(O)CCN1CCN(Cc2ccc(-c3ccccc3)s2)CC1. The standard InChI is InChI=1S/C18H22N2O2S/c21-18(22)8-9-19-10-12-20(13-11-19)14-16-6-7-17(23-16)15-4-2-1-3-5-15/h1-7H,8-14H2,(H,21,22). The Morgan fingerprint density at radius 2 is 1.70 bits per heavy atom. The van der Waals surface area contributed by atoms with Crippen LogP contribution in [0.4, 0.5) is 0 Å². The van der Waals surface area contributed by atoms with Crippen LogP contribution in [-0.2, 0) is 11.3 Å². The second kappa shape index (κ2) is 7.73. The van der Waals surface area contributed by atoms with Gasteiger partial charge in [0, 0.05) is 49.0 Å². The largest absolute Gasteiger partial charge is 0.481 e. The summed E-state index contributed by atoms with van der Waals surface area (Å²) in [6.07, 6.45) is 0.241. The van der Waals surface area contributed by atoms with Gasteiger partial charge in [-0.25, -0.2) is 0 Å². The highest BCUT2D eigenvalue weighted by Crippen LogP contribution is 2.28. The molecule has 23 heavy (non-hydrogen) atoms. The molecule has 3 rings (SSSR count). The second-order valence-electron chi connectivity index (χ2n) is 5.89. The number of nitrogens with zero attached hydrogens (tertiary/aromatic N) is 2. The topological polar surface area (TPSA) is 43.8 Å². The van der Waals surface area contributed by atoms with E-state index < -0.39 is 5.97 Å². The highest BCUT2D eigenvalue weighted by molar-refractivity contribution is 7.15. The minimum atomic E-state index is -0.709. The van der Waals surface area contributed by atoms with Crippen molar-refractivity contribution >= 4 is 17.3 Å². The highest BCUT2D eigenvalue weighted by Gasteiger charge is 2.18. The molecule has 0 radical (unpaired) electrons. The number of rotatable bonds is 6. The van der Waals surface area contributed by atoms with E-state index in [0.717, 1.165) is 32.7 Å². The van der Waals surface area contributed by atoms with Crippen LogP contribution in [0.2, 0.25) is 0 Å². The zero-order chi connectivity index (χ0) is 16.1. The molecule has 1 aromatic carbocycles. The molecule has 2 heterocycles. The van der Waals surface area contributed by atoms with Gasteiger partial charge in [-0.3, -0.25) is 9.69 Å². The molecule has 1 aliphatic heterocycles. The van der Waals surface area contributed by atoms with Crippen molar-refractivity contribution in [2.75, 3.05) is 32.7 Å². The lowest BCUT2D eigenvalue weighted by Crippen LogP contribution is -2.46. The summed E-state index contributed by atoms with van der Waals surface area (Å²) in [5, 5.41) is 8.75. The van der Waals surface area contributed by atoms with E-state index in [1.54, 1.807) is 0 Å². The number of carbonyl (C=O) groups is 1. The van der Waals surface area contributed by atoms with Gasteiger partial charge in [-0.05, 0) is 17.7 Å². The summed E-state index contributed by atoms with van der Waals surface area (Å²) in [6, 6.07) is 14.9. The third-order valence-electron chi connectivity index (χ3n) is 4.21. The fraction of sp³-hybridized carbons (Fsp3) is 0.389. The first-order valence-corrected chi connectivity index (χ1v) is 8.83. The monoisotopic (exact) mass is 330 g/mol. The smallest absolute Gasteiger partial charge is 0.304 e. The van der Waals surface area contributed by atoms with Crippen LogP contribution in [0.3, 0.4) is 0 Å². The average molecular weight is 330 g/mol. The lowest BCUT2D eigenvalue weighted by Gasteiger charge is -2.34. The molecule has 1 aliphatic rings. The van der Waals surface area contributed by atoms with Gasteiger partial charge in [0.15, 0.2) is 0 Å². The Morgan fingerprint density at radius 1 is 1.00 bits per heavy atom. The predicted molar refractivity (Wildman–Crippen MR) is 93.7 cm³/mol. The van der Waals surface area contributed by atoms with Crippen LogP contribution < -0.4 is 0 Å². The van der Waals surface area contributed by atoms with Gasteiger partial charge in [0.05, 0.1) is 6.42 Å². The molecule has 0 aliphatic carbocycles. The number of aliphatic carboxylic acids is 1. The Morgan fingerprint density at radius 3 is 2.39 bits per heavy atom. The van der Waals surface area contributed by atoms with E-state index in [1.807, 2.05) is 17.4 Å². The Balaban J connectivity index is 1.50. The number of hydrogen-bond donors (Lipinski definition) is 1. The third kappa shape index (κ3) is 4.64. The molecule has 0 bridgehead atoms. The van der Waals surface area contributed by atoms with Crippen molar-refractivity contribution in [3.05, 3.63) is 47.3 Å². The minimum absolute atomic E-state index is 0.241. The van der Waals surface area contributed by atoms with E-state index in [0.29, 0.717) is 6.54 Å². The van der Waals surface area contributed by atoms with Crippen LogP contribution in [0.5, 0.6) is 0 Å². The summed E-state index contributed by atoms with van der Waals surface area (Å²) in [5.74, 6) is -0.709. The molecule has 0 spiro atoms. The van der Waals surface area contributed by atoms with Gasteiger partial charge in [0.1, 0.15) is 0 Å². The molecule has 0 unspecified atom stereocenters. The molecule has 1 fully saturated rings. The summed E-state index contributed by atoms with van der Waals surface area (Å²) < 4.78 is 0. The molecule has 122 valence electrons. The van der Waals surface area contributed by atoms with Crippen LogP contribution in [0.25, 0.3) is 10.4 Å². The van der Waals surface area contributed by atoms with E-state index in [1.165, 1.54) is 15.3 Å². The van der Waals surface area contributed by atoms with E-state index in [4.69, 9.17) is 5.11 Å². The van der Waals surface area contributed by atoms with Crippen molar-refractivity contribution in [2.24, 2.45) is 0 Å². The van der Waals surface area contributed by atoms with Gasteiger partial charge >= 0.3 is 5.97 Å². The summed E-state index contributed by atoms with van der Waals surface area (Å²) in [6.45, 7) is 5.61. The zero-order valence-corrected chi connectivity index (χ0v) is 14.0. The predicted octanol–water partition coefficient (Wildman–Crippen LogP) is 3.01. The lowest BCUT2D eigenvalue weighted by molar-refractivity contribution is -0.137. The first-order chi connectivity index (χ1) is 11.2. The number of piperazine rings is 1. The van der Waals surface area contributed by atoms with Gasteiger partial charge in [-0.1, -0.05) is 30.3 Å². The molecule has 2 aromatic rings. The molecule has 1 saturated heterocycles.